The summed E-state index contributed by atoms with van der Waals surface area (Å²) in [6.07, 6.45) is -0.512. The Hall–Kier alpha value is -3.32. The van der Waals surface area contributed by atoms with Gasteiger partial charge in [0.15, 0.2) is 5.54 Å². The highest BCUT2D eigenvalue weighted by Gasteiger charge is 2.59. The van der Waals surface area contributed by atoms with E-state index in [0.29, 0.717) is 11.0 Å². The van der Waals surface area contributed by atoms with Crippen molar-refractivity contribution in [1.82, 2.24) is 4.90 Å². The maximum absolute atomic E-state index is 13.3. The lowest BCUT2D eigenvalue weighted by atomic mass is 9.79. The first-order valence-corrected chi connectivity index (χ1v) is 8.49. The fourth-order valence-corrected chi connectivity index (χ4v) is 3.64. The molecule has 1 aromatic rings. The number of hydrogen-bond acceptors (Lipinski definition) is 5. The maximum atomic E-state index is 13.3. The van der Waals surface area contributed by atoms with Crippen molar-refractivity contribution in [2.24, 2.45) is 5.92 Å². The number of aliphatic hydroxyl groups excluding tert-OH is 2. The minimum Gasteiger partial charge on any atom is -0.508 e. The van der Waals surface area contributed by atoms with Gasteiger partial charge in [0.2, 0.25) is 0 Å². The first kappa shape index (κ1) is 20.4. The number of alkyl halides is 3. The van der Waals surface area contributed by atoms with Gasteiger partial charge in [-0.3, -0.25) is 4.79 Å². The van der Waals surface area contributed by atoms with Crippen LogP contribution in [-0.4, -0.2) is 46.2 Å². The van der Waals surface area contributed by atoms with E-state index in [1.807, 2.05) is 0 Å². The van der Waals surface area contributed by atoms with Crippen LogP contribution in [0.3, 0.4) is 0 Å². The zero-order chi connectivity index (χ0) is 21.6. The Kier molecular flexibility index (Phi) is 4.88. The third kappa shape index (κ3) is 3.03. The van der Waals surface area contributed by atoms with Gasteiger partial charge in [0.05, 0.1) is 29.5 Å². The van der Waals surface area contributed by atoms with E-state index in [0.717, 1.165) is 17.0 Å². The van der Waals surface area contributed by atoms with E-state index < -0.39 is 47.3 Å². The van der Waals surface area contributed by atoms with Crippen LogP contribution in [0.4, 0.5) is 23.7 Å². The summed E-state index contributed by atoms with van der Waals surface area (Å²) in [6.45, 7) is -0.767. The largest absolute Gasteiger partial charge is 0.508 e. The summed E-state index contributed by atoms with van der Waals surface area (Å²) in [7, 11) is 1.27. The van der Waals surface area contributed by atoms with Crippen LogP contribution in [-0.2, 0) is 11.0 Å². The van der Waals surface area contributed by atoms with Crippen LogP contribution in [0.15, 0.2) is 42.2 Å². The number of carbonyl (C=O) groups is 2. The van der Waals surface area contributed by atoms with Crippen LogP contribution < -0.4 is 4.90 Å². The molecule has 1 aliphatic carbocycles. The quantitative estimate of drug-likeness (QED) is 0.750. The van der Waals surface area contributed by atoms with Crippen molar-refractivity contribution in [2.45, 2.75) is 18.1 Å². The second-order valence-electron chi connectivity index (χ2n) is 6.73. The molecule has 2 atom stereocenters. The summed E-state index contributed by atoms with van der Waals surface area (Å²) in [6, 6.07) is 3.06. The van der Waals surface area contributed by atoms with E-state index in [1.54, 1.807) is 0 Å². The molecule has 10 heteroatoms. The smallest absolute Gasteiger partial charge is 0.417 e. The molecule has 1 saturated heterocycles. The second-order valence-corrected chi connectivity index (χ2v) is 6.73. The summed E-state index contributed by atoms with van der Waals surface area (Å²) in [4.78, 5) is 27.6. The summed E-state index contributed by atoms with van der Waals surface area (Å²) in [5.41, 5.74) is -4.01. The molecule has 2 N–H and O–H groups in total. The van der Waals surface area contributed by atoms with Gasteiger partial charge in [-0.2, -0.15) is 18.4 Å². The van der Waals surface area contributed by atoms with Crippen LogP contribution in [0.2, 0.25) is 0 Å². The molecule has 1 heterocycles. The number of nitrogens with zero attached hydrogens (tertiary/aromatic N) is 3. The van der Waals surface area contributed by atoms with E-state index >= 15 is 0 Å². The lowest BCUT2D eigenvalue weighted by molar-refractivity contribution is -0.137. The number of carbonyl (C=O) groups excluding carboxylic acids is 2. The molecule has 1 aromatic carbocycles. The van der Waals surface area contributed by atoms with E-state index in [9.17, 15) is 33.0 Å². The number of aliphatic hydroxyl groups is 2. The lowest BCUT2D eigenvalue weighted by Gasteiger charge is -2.37. The van der Waals surface area contributed by atoms with Gasteiger partial charge < -0.3 is 15.1 Å². The van der Waals surface area contributed by atoms with Gasteiger partial charge in [-0.15, -0.1) is 0 Å². The van der Waals surface area contributed by atoms with Crippen LogP contribution >= 0.6 is 0 Å². The summed E-state index contributed by atoms with van der Waals surface area (Å²) in [5, 5.41) is 28.5. The minimum absolute atomic E-state index is 0.0347. The standard InChI is InChI=1S/C19H16F3N3O4/c1-24-17(29)25(13-5-2-11(9-23)15(8-13)19(20,21)22)16(28)18(24,10-26)12-3-6-14(27)7-4-12/h2-3,5-8,12,26-27H,4,10H2,1H3/t12?,18-/m1/s1. The Morgan fingerprint density at radius 1 is 1.34 bits per heavy atom. The number of halogens is 3. The molecule has 1 aliphatic heterocycles. The van der Waals surface area contributed by atoms with Gasteiger partial charge >= 0.3 is 12.2 Å². The SMILES string of the molecule is CN1C(=O)N(c2ccc(C#N)c(C(F)(F)F)c2)C(=O)[C@@]1(CO)C1C=CC(O)=CC1. The van der Waals surface area contributed by atoms with Gasteiger partial charge in [-0.25, -0.2) is 9.69 Å². The van der Waals surface area contributed by atoms with Gasteiger partial charge in [-0.1, -0.05) is 6.08 Å². The Morgan fingerprint density at radius 3 is 2.55 bits per heavy atom. The maximum Gasteiger partial charge on any atom is 0.417 e. The fourth-order valence-electron chi connectivity index (χ4n) is 3.64. The first-order chi connectivity index (χ1) is 13.6. The van der Waals surface area contributed by atoms with Crippen molar-refractivity contribution in [2.75, 3.05) is 18.6 Å². The predicted molar refractivity (Wildman–Crippen MR) is 94.6 cm³/mol. The molecule has 0 aromatic heterocycles. The number of hydrogen-bond donors (Lipinski definition) is 2. The highest BCUT2D eigenvalue weighted by Crippen LogP contribution is 2.41. The number of anilines is 1. The number of benzene rings is 1. The third-order valence-electron chi connectivity index (χ3n) is 5.27. The molecule has 0 bridgehead atoms. The second kappa shape index (κ2) is 6.93. The number of allylic oxidation sites excluding steroid dienone is 2. The van der Waals surface area contributed by atoms with E-state index in [2.05, 4.69) is 0 Å². The molecule has 0 spiro atoms. The zero-order valence-corrected chi connectivity index (χ0v) is 15.1. The van der Waals surface area contributed by atoms with Crippen molar-refractivity contribution in [3.05, 3.63) is 53.3 Å². The Bertz CT molecular complexity index is 980. The minimum atomic E-state index is -4.86. The molecule has 152 valence electrons. The highest BCUT2D eigenvalue weighted by atomic mass is 19.4. The molecule has 2 aliphatic rings. The predicted octanol–water partition coefficient (Wildman–Crippen LogP) is 2.72. The highest BCUT2D eigenvalue weighted by molar-refractivity contribution is 6.23. The number of nitriles is 1. The molecule has 1 unspecified atom stereocenters. The molecule has 1 fully saturated rings. The average Bonchev–Trinajstić information content (AvgIpc) is 2.88. The number of rotatable bonds is 3. The van der Waals surface area contributed by atoms with Crippen molar-refractivity contribution in [1.29, 1.82) is 5.26 Å². The molecular formula is C19H16F3N3O4. The van der Waals surface area contributed by atoms with Crippen LogP contribution in [0.25, 0.3) is 0 Å². The van der Waals surface area contributed by atoms with Crippen LogP contribution in [0.5, 0.6) is 0 Å². The third-order valence-corrected chi connectivity index (χ3v) is 5.27. The average molecular weight is 407 g/mol. The van der Waals surface area contributed by atoms with E-state index in [-0.39, 0.29) is 17.9 Å². The Balaban J connectivity index is 2.09. The lowest BCUT2D eigenvalue weighted by Crippen LogP contribution is -2.56. The van der Waals surface area contributed by atoms with Gasteiger partial charge in [0.1, 0.15) is 5.76 Å². The Labute approximate surface area is 163 Å². The topological polar surface area (TPSA) is 105 Å². The van der Waals surface area contributed by atoms with Crippen molar-refractivity contribution in [3.8, 4) is 6.07 Å². The van der Waals surface area contributed by atoms with Crippen molar-refractivity contribution in [3.63, 3.8) is 0 Å². The van der Waals surface area contributed by atoms with Gasteiger partial charge in [-0.05, 0) is 36.8 Å². The number of urea groups is 1. The fraction of sp³-hybridized carbons (Fsp3) is 0.316. The molecule has 0 saturated carbocycles. The van der Waals surface area contributed by atoms with Gasteiger partial charge in [0.25, 0.3) is 5.91 Å². The molecule has 3 rings (SSSR count). The summed E-state index contributed by atoms with van der Waals surface area (Å²) in [5.74, 6) is -1.63. The van der Waals surface area contributed by atoms with E-state index in [4.69, 9.17) is 5.26 Å². The van der Waals surface area contributed by atoms with Crippen molar-refractivity contribution < 1.29 is 33.0 Å². The van der Waals surface area contributed by atoms with Crippen LogP contribution in [0, 0.1) is 17.2 Å². The molecular weight excluding hydrogens is 391 g/mol. The zero-order valence-electron chi connectivity index (χ0n) is 15.1. The monoisotopic (exact) mass is 407 g/mol. The molecule has 7 nitrogen and oxygen atoms in total. The summed E-state index contributed by atoms with van der Waals surface area (Å²) < 4.78 is 39.9. The molecule has 3 amide bonds. The summed E-state index contributed by atoms with van der Waals surface area (Å²) >= 11 is 0. The first-order valence-electron chi connectivity index (χ1n) is 8.49. The molecule has 29 heavy (non-hydrogen) atoms. The number of likely N-dealkylation sites (N-methyl/N-ethyl adjacent to an activating group) is 1. The van der Waals surface area contributed by atoms with E-state index in [1.165, 1.54) is 31.3 Å². The van der Waals surface area contributed by atoms with Gasteiger partial charge in [0, 0.05) is 13.0 Å². The Morgan fingerprint density at radius 2 is 2.03 bits per heavy atom. The van der Waals surface area contributed by atoms with Crippen molar-refractivity contribution >= 4 is 17.6 Å². The number of amides is 3. The molecule has 0 radical (unpaired) electrons. The normalized spacial score (nSPS) is 24.7. The van der Waals surface area contributed by atoms with Crippen LogP contribution in [0.1, 0.15) is 17.5 Å². The number of imide groups is 1.